The topological polar surface area (TPSA) is 95.9 Å². The summed E-state index contributed by atoms with van der Waals surface area (Å²) in [5.74, 6) is -0.0305. The van der Waals surface area contributed by atoms with E-state index in [0.29, 0.717) is 25.9 Å². The number of hydrogen-bond acceptors (Lipinski definition) is 5. The Morgan fingerprint density at radius 3 is 1.11 bits per heavy atom. The zero-order valence-corrected chi connectivity index (χ0v) is 43.3. The Kier molecular flexibility index (Phi) is 53.0. The third-order valence-electron chi connectivity index (χ3n) is 13.6. The van der Waals surface area contributed by atoms with E-state index in [-0.39, 0.29) is 18.5 Å². The summed E-state index contributed by atoms with van der Waals surface area (Å²) in [7, 11) is 0. The van der Waals surface area contributed by atoms with Crippen molar-refractivity contribution in [2.24, 2.45) is 0 Å². The number of aliphatic hydroxyl groups is 2. The summed E-state index contributed by atoms with van der Waals surface area (Å²) >= 11 is 0. The van der Waals surface area contributed by atoms with Gasteiger partial charge in [0.25, 0.3) is 0 Å². The predicted molar refractivity (Wildman–Crippen MR) is 278 cm³/mol. The van der Waals surface area contributed by atoms with Crippen LogP contribution in [0.15, 0.2) is 12.2 Å². The number of amides is 1. The van der Waals surface area contributed by atoms with Crippen LogP contribution < -0.4 is 5.32 Å². The van der Waals surface area contributed by atoms with Gasteiger partial charge in [-0.1, -0.05) is 270 Å². The molecule has 0 rings (SSSR count). The number of allylic oxidation sites excluding steroid dienone is 2. The van der Waals surface area contributed by atoms with Crippen molar-refractivity contribution in [2.75, 3.05) is 13.2 Å². The third-order valence-corrected chi connectivity index (χ3v) is 13.6. The van der Waals surface area contributed by atoms with Crippen molar-refractivity contribution in [2.45, 2.75) is 334 Å². The molecule has 380 valence electrons. The second kappa shape index (κ2) is 54.2. The first-order valence-corrected chi connectivity index (χ1v) is 28.9. The van der Waals surface area contributed by atoms with Gasteiger partial charge in [-0.3, -0.25) is 9.59 Å². The van der Waals surface area contributed by atoms with Crippen LogP contribution in [0.4, 0.5) is 0 Å². The van der Waals surface area contributed by atoms with E-state index in [0.717, 1.165) is 44.9 Å². The predicted octanol–water partition coefficient (Wildman–Crippen LogP) is 17.7. The Morgan fingerprint density at radius 1 is 0.422 bits per heavy atom. The fourth-order valence-corrected chi connectivity index (χ4v) is 9.11. The van der Waals surface area contributed by atoms with Gasteiger partial charge in [0.15, 0.2) is 0 Å². The van der Waals surface area contributed by atoms with Crippen molar-refractivity contribution in [3.05, 3.63) is 12.2 Å². The summed E-state index contributed by atoms with van der Waals surface area (Å²) in [5.41, 5.74) is 0. The van der Waals surface area contributed by atoms with E-state index < -0.39 is 12.1 Å². The second-order valence-corrected chi connectivity index (χ2v) is 20.0. The molecule has 0 spiro atoms. The molecular weight excluding hydrogens is 791 g/mol. The van der Waals surface area contributed by atoms with Crippen LogP contribution in [0.2, 0.25) is 0 Å². The summed E-state index contributed by atoms with van der Waals surface area (Å²) in [6, 6.07) is -0.538. The lowest BCUT2D eigenvalue weighted by Crippen LogP contribution is -2.45. The minimum atomic E-state index is -0.661. The maximum absolute atomic E-state index is 12.4. The highest BCUT2D eigenvalue weighted by Gasteiger charge is 2.20. The molecular formula is C58H113NO5. The number of rotatable bonds is 54. The molecule has 1 amide bonds. The van der Waals surface area contributed by atoms with Crippen LogP contribution in [0.3, 0.4) is 0 Å². The molecule has 0 aliphatic heterocycles. The maximum Gasteiger partial charge on any atom is 0.305 e. The molecule has 64 heavy (non-hydrogen) atoms. The molecule has 6 nitrogen and oxygen atoms in total. The van der Waals surface area contributed by atoms with Crippen LogP contribution in [-0.4, -0.2) is 47.4 Å². The maximum atomic E-state index is 12.4. The van der Waals surface area contributed by atoms with Gasteiger partial charge < -0.3 is 20.3 Å². The number of hydrogen-bond donors (Lipinski definition) is 3. The van der Waals surface area contributed by atoms with E-state index in [9.17, 15) is 19.8 Å². The lowest BCUT2D eigenvalue weighted by Gasteiger charge is -2.22. The van der Waals surface area contributed by atoms with E-state index in [1.54, 1.807) is 0 Å². The van der Waals surface area contributed by atoms with Crippen LogP contribution >= 0.6 is 0 Å². The fraction of sp³-hybridized carbons (Fsp3) is 0.931. The number of carbonyl (C=O) groups is 2. The van der Waals surface area contributed by atoms with Crippen LogP contribution in [0.25, 0.3) is 0 Å². The zero-order chi connectivity index (χ0) is 46.5. The molecule has 0 fully saturated rings. The minimum absolute atomic E-state index is 0.00614. The van der Waals surface area contributed by atoms with Gasteiger partial charge in [0.05, 0.1) is 25.4 Å². The van der Waals surface area contributed by atoms with Gasteiger partial charge in [-0.25, -0.2) is 0 Å². The van der Waals surface area contributed by atoms with Crippen molar-refractivity contribution in [1.29, 1.82) is 0 Å². The standard InChI is InChI=1S/C58H113NO5/c1-3-5-7-9-11-13-14-15-16-26-29-32-36-40-44-48-52-58(63)64-53-49-45-41-37-33-30-27-24-22-20-18-17-19-21-23-25-28-31-35-39-43-47-51-57(62)59-55(54-60)56(61)50-46-42-38-34-12-10-8-6-4-2/h16,26,55-56,60-61H,3-15,17-25,27-54H2,1-2H3,(H,59,62)/b26-16-. The monoisotopic (exact) mass is 904 g/mol. The summed E-state index contributed by atoms with van der Waals surface area (Å²) < 4.78 is 5.48. The Balaban J connectivity index is 3.34. The molecule has 0 saturated heterocycles. The van der Waals surface area contributed by atoms with Crippen molar-refractivity contribution in [3.8, 4) is 0 Å². The molecule has 2 atom stereocenters. The first-order valence-electron chi connectivity index (χ1n) is 28.9. The van der Waals surface area contributed by atoms with Gasteiger partial charge in [-0.15, -0.1) is 0 Å². The lowest BCUT2D eigenvalue weighted by atomic mass is 10.0. The number of aliphatic hydroxyl groups excluding tert-OH is 2. The van der Waals surface area contributed by atoms with Gasteiger partial charge in [0.2, 0.25) is 5.91 Å². The van der Waals surface area contributed by atoms with E-state index in [1.807, 2.05) is 0 Å². The second-order valence-electron chi connectivity index (χ2n) is 20.0. The van der Waals surface area contributed by atoms with Crippen LogP contribution in [0, 0.1) is 0 Å². The Labute approximate surface area is 399 Å². The van der Waals surface area contributed by atoms with E-state index in [4.69, 9.17) is 4.74 Å². The first-order chi connectivity index (χ1) is 31.5. The quantitative estimate of drug-likeness (QED) is 0.0321. The molecule has 0 heterocycles. The Bertz CT molecular complexity index is 955. The smallest absolute Gasteiger partial charge is 0.305 e. The van der Waals surface area contributed by atoms with E-state index in [1.165, 1.54) is 244 Å². The van der Waals surface area contributed by atoms with Crippen molar-refractivity contribution in [1.82, 2.24) is 5.32 Å². The molecule has 0 aliphatic rings. The van der Waals surface area contributed by atoms with E-state index in [2.05, 4.69) is 31.3 Å². The molecule has 0 aliphatic carbocycles. The van der Waals surface area contributed by atoms with Crippen LogP contribution in [-0.2, 0) is 14.3 Å². The molecule has 2 unspecified atom stereocenters. The molecule has 3 N–H and O–H groups in total. The van der Waals surface area contributed by atoms with Gasteiger partial charge in [-0.05, 0) is 51.4 Å². The highest BCUT2D eigenvalue weighted by atomic mass is 16.5. The van der Waals surface area contributed by atoms with E-state index >= 15 is 0 Å². The number of nitrogens with one attached hydrogen (secondary N) is 1. The SMILES string of the molecule is CCCCCCCCC/C=C\CCCCCCCC(=O)OCCCCCCCCCCCCCCCCCCCCCCCCC(=O)NC(CO)C(O)CCCCCCCCCCC. The molecule has 0 aromatic carbocycles. The van der Waals surface area contributed by atoms with Crippen molar-refractivity contribution < 1.29 is 24.5 Å². The molecule has 0 saturated carbocycles. The number of unbranched alkanes of at least 4 members (excludes halogenated alkanes) is 41. The zero-order valence-electron chi connectivity index (χ0n) is 43.3. The number of carbonyl (C=O) groups excluding carboxylic acids is 2. The van der Waals surface area contributed by atoms with Gasteiger partial charge >= 0.3 is 5.97 Å². The highest BCUT2D eigenvalue weighted by Crippen LogP contribution is 2.17. The largest absolute Gasteiger partial charge is 0.466 e. The lowest BCUT2D eigenvalue weighted by molar-refractivity contribution is -0.143. The fourth-order valence-electron chi connectivity index (χ4n) is 9.11. The molecule has 0 radical (unpaired) electrons. The molecule has 0 aromatic heterocycles. The number of esters is 1. The van der Waals surface area contributed by atoms with Gasteiger partial charge in [-0.2, -0.15) is 0 Å². The Morgan fingerprint density at radius 2 is 0.734 bits per heavy atom. The highest BCUT2D eigenvalue weighted by molar-refractivity contribution is 5.76. The Hall–Kier alpha value is -1.40. The average molecular weight is 905 g/mol. The summed E-state index contributed by atoms with van der Waals surface area (Å²) in [6.07, 6.45) is 63.6. The van der Waals surface area contributed by atoms with Crippen LogP contribution in [0.1, 0.15) is 322 Å². The normalized spacial score (nSPS) is 12.6. The molecule has 6 heteroatoms. The molecule has 0 bridgehead atoms. The minimum Gasteiger partial charge on any atom is -0.466 e. The third kappa shape index (κ3) is 50.0. The van der Waals surface area contributed by atoms with Crippen molar-refractivity contribution >= 4 is 11.9 Å². The van der Waals surface area contributed by atoms with Crippen LogP contribution in [0.5, 0.6) is 0 Å². The van der Waals surface area contributed by atoms with Gasteiger partial charge in [0.1, 0.15) is 0 Å². The summed E-state index contributed by atoms with van der Waals surface area (Å²) in [6.45, 7) is 4.94. The average Bonchev–Trinajstić information content (AvgIpc) is 3.29. The number of ether oxygens (including phenoxy) is 1. The van der Waals surface area contributed by atoms with Crippen molar-refractivity contribution in [3.63, 3.8) is 0 Å². The molecule has 0 aromatic rings. The summed E-state index contributed by atoms with van der Waals surface area (Å²) in [4.78, 5) is 24.5. The summed E-state index contributed by atoms with van der Waals surface area (Å²) in [5, 5.41) is 23.1. The van der Waals surface area contributed by atoms with Gasteiger partial charge in [0, 0.05) is 12.8 Å². The first kappa shape index (κ1) is 62.6.